The molecule has 1 aliphatic rings. The van der Waals surface area contributed by atoms with Crippen LogP contribution in [0.4, 0.5) is 13.2 Å². The van der Waals surface area contributed by atoms with Crippen LogP contribution in [0.1, 0.15) is 13.3 Å². The average Bonchev–Trinajstić information content (AvgIpc) is 2.36. The molecule has 1 heterocycles. The molecule has 0 spiro atoms. The minimum Gasteiger partial charge on any atom is -0.469 e. The van der Waals surface area contributed by atoms with Gasteiger partial charge >= 0.3 is 24.0 Å². The van der Waals surface area contributed by atoms with Crippen molar-refractivity contribution < 1.29 is 37.1 Å². The number of rotatable bonds is 3. The van der Waals surface area contributed by atoms with E-state index in [1.165, 1.54) is 0 Å². The summed E-state index contributed by atoms with van der Waals surface area (Å²) >= 11 is 0. The fraction of sp³-hybridized carbons (Fsp3) is 0.727. The van der Waals surface area contributed by atoms with E-state index in [2.05, 4.69) is 4.74 Å². The number of halogens is 3. The fourth-order valence-corrected chi connectivity index (χ4v) is 2.02. The lowest BCUT2D eigenvalue weighted by Gasteiger charge is -2.36. The first kappa shape index (κ1) is 17.2. The van der Waals surface area contributed by atoms with Crippen LogP contribution >= 0.6 is 0 Å². The predicted octanol–water partition coefficient (Wildman–Crippen LogP) is 0.00650. The Kier molecular flexibility index (Phi) is 5.53. The minimum absolute atomic E-state index is 0.0861. The highest BCUT2D eigenvalue weighted by Gasteiger charge is 2.44. The second kappa shape index (κ2) is 6.74. The van der Waals surface area contributed by atoms with Crippen molar-refractivity contribution in [2.75, 3.05) is 20.2 Å². The van der Waals surface area contributed by atoms with Crippen LogP contribution in [0.3, 0.4) is 0 Å². The summed E-state index contributed by atoms with van der Waals surface area (Å²) in [7, 11) is 1.10. The number of methoxy groups -OCH3 is 1. The molecule has 0 aromatic heterocycles. The van der Waals surface area contributed by atoms with Crippen LogP contribution in [0.15, 0.2) is 0 Å². The number of ether oxygens (including phenoxy) is 1. The Morgan fingerprint density at radius 2 is 1.90 bits per heavy atom. The van der Waals surface area contributed by atoms with E-state index in [1.807, 2.05) is 0 Å². The number of alkyl halides is 3. The van der Waals surface area contributed by atoms with Gasteiger partial charge in [-0.05, 0) is 6.42 Å². The van der Waals surface area contributed by atoms with Gasteiger partial charge in [-0.25, -0.2) is 0 Å². The molecule has 1 N–H and O–H groups in total. The van der Waals surface area contributed by atoms with Gasteiger partial charge in [0.15, 0.2) is 0 Å². The van der Waals surface area contributed by atoms with Crippen molar-refractivity contribution in [3.05, 3.63) is 0 Å². The molecule has 1 aliphatic heterocycles. The van der Waals surface area contributed by atoms with E-state index in [0.29, 0.717) is 0 Å². The van der Waals surface area contributed by atoms with Crippen molar-refractivity contribution in [1.82, 2.24) is 10.4 Å². The summed E-state index contributed by atoms with van der Waals surface area (Å²) in [6.07, 6.45) is -4.98. The summed E-state index contributed by atoms with van der Waals surface area (Å²) in [6, 6.07) is -1.17. The first-order chi connectivity index (χ1) is 9.65. The largest absolute Gasteiger partial charge is 0.471 e. The van der Waals surface area contributed by atoms with Crippen molar-refractivity contribution in [1.29, 1.82) is 0 Å². The van der Waals surface area contributed by atoms with Crippen LogP contribution in [0.5, 0.6) is 0 Å². The number of nitrogens with zero attached hydrogens (tertiary/aromatic N) is 1. The average molecular weight is 312 g/mol. The van der Waals surface area contributed by atoms with E-state index in [4.69, 9.17) is 4.84 Å². The number of hydrogen-bond donors (Lipinski definition) is 1. The standard InChI is InChI=1S/C11H15F3N2O5/c1-6(17)21-16-4-3-7(9(18)20-2)8(5-16)15-10(19)11(12,13)14/h7-8H,3-5H2,1-2H3,(H,15,19). The molecule has 1 fully saturated rings. The highest BCUT2D eigenvalue weighted by atomic mass is 19.4. The van der Waals surface area contributed by atoms with Crippen molar-refractivity contribution in [3.8, 4) is 0 Å². The van der Waals surface area contributed by atoms with Crippen molar-refractivity contribution in [2.45, 2.75) is 25.6 Å². The van der Waals surface area contributed by atoms with Crippen LogP contribution in [0.2, 0.25) is 0 Å². The zero-order chi connectivity index (χ0) is 16.2. The summed E-state index contributed by atoms with van der Waals surface area (Å²) in [6.45, 7) is 1.05. The molecule has 1 rings (SSSR count). The third-order valence-corrected chi connectivity index (χ3v) is 2.91. The lowest BCUT2D eigenvalue weighted by atomic mass is 9.92. The van der Waals surface area contributed by atoms with Gasteiger partial charge in [-0.1, -0.05) is 0 Å². The lowest BCUT2D eigenvalue weighted by Crippen LogP contribution is -2.57. The van der Waals surface area contributed by atoms with Crippen LogP contribution in [0.25, 0.3) is 0 Å². The van der Waals surface area contributed by atoms with Crippen LogP contribution < -0.4 is 5.32 Å². The molecule has 2 atom stereocenters. The number of esters is 1. The lowest BCUT2D eigenvalue weighted by molar-refractivity contribution is -0.199. The van der Waals surface area contributed by atoms with Gasteiger partial charge < -0.3 is 14.9 Å². The van der Waals surface area contributed by atoms with Gasteiger partial charge in [0.25, 0.3) is 0 Å². The van der Waals surface area contributed by atoms with Crippen LogP contribution in [0, 0.1) is 5.92 Å². The van der Waals surface area contributed by atoms with Crippen LogP contribution in [-0.2, 0) is 24.0 Å². The third kappa shape index (κ3) is 4.88. The zero-order valence-corrected chi connectivity index (χ0v) is 11.4. The smallest absolute Gasteiger partial charge is 0.469 e. The molecule has 1 saturated heterocycles. The number of hydrogen-bond acceptors (Lipinski definition) is 6. The Balaban J connectivity index is 2.80. The van der Waals surface area contributed by atoms with E-state index < -0.39 is 36.0 Å². The highest BCUT2D eigenvalue weighted by molar-refractivity contribution is 5.83. The number of carbonyl (C=O) groups excluding carboxylic acids is 3. The first-order valence-electron chi connectivity index (χ1n) is 6.04. The van der Waals surface area contributed by atoms with Gasteiger partial charge in [-0.3, -0.25) is 14.4 Å². The third-order valence-electron chi connectivity index (χ3n) is 2.91. The Bertz CT molecular complexity index is 427. The summed E-state index contributed by atoms with van der Waals surface area (Å²) < 4.78 is 41.4. The number of carbonyl (C=O) groups is 3. The van der Waals surface area contributed by atoms with E-state index >= 15 is 0 Å². The molecule has 0 aromatic rings. The van der Waals surface area contributed by atoms with Gasteiger partial charge in [-0.15, -0.1) is 5.06 Å². The molecule has 21 heavy (non-hydrogen) atoms. The van der Waals surface area contributed by atoms with Crippen LogP contribution in [-0.4, -0.2) is 55.3 Å². The zero-order valence-electron chi connectivity index (χ0n) is 11.4. The second-order valence-electron chi connectivity index (χ2n) is 4.47. The summed E-state index contributed by atoms with van der Waals surface area (Å²) in [5.74, 6) is -4.48. The van der Waals surface area contributed by atoms with E-state index in [9.17, 15) is 27.6 Å². The molecular weight excluding hydrogens is 297 g/mol. The number of nitrogens with one attached hydrogen (secondary N) is 1. The number of piperidine rings is 1. The monoisotopic (exact) mass is 312 g/mol. The van der Waals surface area contributed by atoms with Gasteiger partial charge in [0, 0.05) is 13.5 Å². The molecule has 120 valence electrons. The van der Waals surface area contributed by atoms with Gasteiger partial charge in [-0.2, -0.15) is 13.2 Å². The molecular formula is C11H15F3N2O5. The predicted molar refractivity (Wildman–Crippen MR) is 61.4 cm³/mol. The molecule has 0 bridgehead atoms. The molecule has 7 nitrogen and oxygen atoms in total. The molecule has 0 aliphatic carbocycles. The molecule has 0 saturated carbocycles. The highest BCUT2D eigenvalue weighted by Crippen LogP contribution is 2.22. The summed E-state index contributed by atoms with van der Waals surface area (Å²) in [5.41, 5.74) is 0. The molecule has 0 radical (unpaired) electrons. The minimum atomic E-state index is -5.07. The molecule has 0 aromatic carbocycles. The SMILES string of the molecule is COC(=O)C1CCN(OC(C)=O)CC1NC(=O)C(F)(F)F. The summed E-state index contributed by atoms with van der Waals surface area (Å²) in [4.78, 5) is 38.2. The quantitative estimate of drug-likeness (QED) is 0.739. The van der Waals surface area contributed by atoms with Crippen molar-refractivity contribution >= 4 is 17.8 Å². The second-order valence-corrected chi connectivity index (χ2v) is 4.47. The van der Waals surface area contributed by atoms with Gasteiger partial charge in [0.2, 0.25) is 0 Å². The van der Waals surface area contributed by atoms with Crippen molar-refractivity contribution in [3.63, 3.8) is 0 Å². The molecule has 2 unspecified atom stereocenters. The fourth-order valence-electron chi connectivity index (χ4n) is 2.02. The van der Waals surface area contributed by atoms with E-state index in [1.54, 1.807) is 5.32 Å². The van der Waals surface area contributed by atoms with E-state index in [0.717, 1.165) is 19.1 Å². The maximum Gasteiger partial charge on any atom is 0.471 e. The number of hydroxylamine groups is 2. The molecule has 1 amide bonds. The normalized spacial score (nSPS) is 23.3. The Hall–Kier alpha value is -1.84. The Morgan fingerprint density at radius 3 is 2.38 bits per heavy atom. The van der Waals surface area contributed by atoms with Gasteiger partial charge in [0.1, 0.15) is 0 Å². The van der Waals surface area contributed by atoms with E-state index in [-0.39, 0.29) is 19.5 Å². The number of amides is 1. The topological polar surface area (TPSA) is 84.9 Å². The van der Waals surface area contributed by atoms with Crippen molar-refractivity contribution in [2.24, 2.45) is 5.92 Å². The molecule has 10 heteroatoms. The first-order valence-corrected chi connectivity index (χ1v) is 6.04. The maximum absolute atomic E-state index is 12.3. The summed E-state index contributed by atoms with van der Waals surface area (Å²) in [5, 5.41) is 2.83. The maximum atomic E-state index is 12.3. The Morgan fingerprint density at radius 1 is 1.29 bits per heavy atom. The Labute approximate surface area is 118 Å². The van der Waals surface area contributed by atoms with Gasteiger partial charge in [0.05, 0.1) is 25.6 Å².